The predicted molar refractivity (Wildman–Crippen MR) is 180 cm³/mol. The number of hydrogen-bond acceptors (Lipinski definition) is 6. The maximum Gasteiger partial charge on any atom is 0.411 e. The van der Waals surface area contributed by atoms with Crippen LogP contribution in [-0.4, -0.2) is 110 Å². The van der Waals surface area contributed by atoms with Gasteiger partial charge >= 0.3 is 6.09 Å². The highest BCUT2D eigenvalue weighted by Crippen LogP contribution is 2.28. The molecule has 45 heavy (non-hydrogen) atoms. The number of unbranched alkanes of at least 4 members (excludes halogenated alkanes) is 2. The number of nitrogens with one attached hydrogen (secondary N) is 1. The number of likely N-dealkylation sites (tertiary alicyclic amines) is 2. The summed E-state index contributed by atoms with van der Waals surface area (Å²) in [7, 11) is 3.79. The van der Waals surface area contributed by atoms with Crippen molar-refractivity contribution < 1.29 is 19.1 Å². The molecule has 0 unspecified atom stereocenters. The van der Waals surface area contributed by atoms with Crippen molar-refractivity contribution in [2.75, 3.05) is 71.8 Å². The molecule has 0 bridgehead atoms. The molecule has 0 aliphatic carbocycles. The molecule has 9 nitrogen and oxygen atoms in total. The van der Waals surface area contributed by atoms with Gasteiger partial charge in [0.05, 0.1) is 11.6 Å². The molecule has 1 atom stereocenters. The average Bonchev–Trinajstić information content (AvgIpc) is 3.07. The van der Waals surface area contributed by atoms with Gasteiger partial charge in [-0.15, -0.1) is 0 Å². The van der Waals surface area contributed by atoms with Gasteiger partial charge in [0.25, 0.3) is 0 Å². The number of nitrogens with zero attached hydrogens (tertiary/aromatic N) is 4. The van der Waals surface area contributed by atoms with Crippen LogP contribution in [0.15, 0.2) is 54.6 Å². The van der Waals surface area contributed by atoms with Crippen molar-refractivity contribution >= 4 is 23.6 Å². The number of anilines is 1. The van der Waals surface area contributed by atoms with Gasteiger partial charge in [-0.1, -0.05) is 55.0 Å². The SMILES string of the molecule is CCN(C)C(=O)[C@@H]1CCCN(CCCCCC(=O)N(C)CCN2CCC(OC(=O)Nc3ccccc3-c3ccccc3)CC2)C1. The predicted octanol–water partition coefficient (Wildman–Crippen LogP) is 5.58. The fourth-order valence-corrected chi connectivity index (χ4v) is 6.33. The number of amides is 3. The first-order valence-electron chi connectivity index (χ1n) is 16.9. The lowest BCUT2D eigenvalue weighted by Crippen LogP contribution is -2.43. The number of ether oxygens (including phenoxy) is 1. The van der Waals surface area contributed by atoms with Crippen LogP contribution in [0.3, 0.4) is 0 Å². The molecular weight excluding hydrogens is 566 g/mol. The smallest absolute Gasteiger partial charge is 0.411 e. The topological polar surface area (TPSA) is 85.4 Å². The van der Waals surface area contributed by atoms with Crippen molar-refractivity contribution in [1.82, 2.24) is 19.6 Å². The number of piperidine rings is 2. The summed E-state index contributed by atoms with van der Waals surface area (Å²) in [5, 5.41) is 2.94. The second-order valence-corrected chi connectivity index (χ2v) is 12.6. The Morgan fingerprint density at radius 1 is 0.844 bits per heavy atom. The minimum absolute atomic E-state index is 0.113. The third-order valence-electron chi connectivity index (χ3n) is 9.30. The van der Waals surface area contributed by atoms with Crippen LogP contribution in [0, 0.1) is 5.92 Å². The lowest BCUT2D eigenvalue weighted by Gasteiger charge is -2.33. The van der Waals surface area contributed by atoms with Gasteiger partial charge in [-0.25, -0.2) is 4.79 Å². The first-order valence-corrected chi connectivity index (χ1v) is 16.9. The third-order valence-corrected chi connectivity index (χ3v) is 9.30. The van der Waals surface area contributed by atoms with Crippen molar-refractivity contribution in [1.29, 1.82) is 0 Å². The number of carbonyl (C=O) groups is 3. The molecule has 1 N–H and O–H groups in total. The van der Waals surface area contributed by atoms with Crippen molar-refractivity contribution in [2.45, 2.75) is 64.4 Å². The maximum atomic E-state index is 12.7. The Kier molecular flexibility index (Phi) is 13.7. The van der Waals surface area contributed by atoms with Gasteiger partial charge in [0, 0.05) is 65.3 Å². The molecule has 2 aliphatic heterocycles. The van der Waals surface area contributed by atoms with E-state index in [2.05, 4.69) is 15.1 Å². The zero-order valence-corrected chi connectivity index (χ0v) is 27.6. The molecule has 2 aliphatic rings. The van der Waals surface area contributed by atoms with E-state index in [1.54, 1.807) is 0 Å². The highest BCUT2D eigenvalue weighted by Gasteiger charge is 2.27. The zero-order valence-electron chi connectivity index (χ0n) is 27.6. The summed E-state index contributed by atoms with van der Waals surface area (Å²) in [6.07, 6.45) is 6.69. The number of likely N-dealkylation sites (N-methyl/N-ethyl adjacent to an activating group) is 1. The Morgan fingerprint density at radius 3 is 2.33 bits per heavy atom. The van der Waals surface area contributed by atoms with Crippen molar-refractivity contribution in [2.24, 2.45) is 5.92 Å². The van der Waals surface area contributed by atoms with Crippen LogP contribution in [0.25, 0.3) is 11.1 Å². The molecule has 2 heterocycles. The number of rotatable bonds is 14. The van der Waals surface area contributed by atoms with Gasteiger partial charge in [-0.2, -0.15) is 0 Å². The summed E-state index contributed by atoms with van der Waals surface area (Å²) in [5.74, 6) is 0.606. The number of para-hydroxylation sites is 1. The highest BCUT2D eigenvalue weighted by atomic mass is 16.6. The van der Waals surface area contributed by atoms with E-state index in [4.69, 9.17) is 4.74 Å². The second-order valence-electron chi connectivity index (χ2n) is 12.6. The Balaban J connectivity index is 1.06. The van der Waals surface area contributed by atoms with Crippen LogP contribution in [0.4, 0.5) is 10.5 Å². The van der Waals surface area contributed by atoms with E-state index in [1.807, 2.05) is 85.4 Å². The summed E-state index contributed by atoms with van der Waals surface area (Å²) in [6.45, 7) is 8.95. The fourth-order valence-electron chi connectivity index (χ4n) is 6.33. The van der Waals surface area contributed by atoms with Crippen LogP contribution in [-0.2, 0) is 14.3 Å². The molecule has 9 heteroatoms. The second kappa shape index (κ2) is 17.9. The Morgan fingerprint density at radius 2 is 1.58 bits per heavy atom. The highest BCUT2D eigenvalue weighted by molar-refractivity contribution is 5.91. The van der Waals surface area contributed by atoms with Crippen molar-refractivity contribution in [3.05, 3.63) is 54.6 Å². The van der Waals surface area contributed by atoms with Crippen LogP contribution in [0.5, 0.6) is 0 Å². The van der Waals surface area contributed by atoms with E-state index in [-0.39, 0.29) is 23.8 Å². The van der Waals surface area contributed by atoms with Crippen LogP contribution >= 0.6 is 0 Å². The van der Waals surface area contributed by atoms with Crippen molar-refractivity contribution in [3.8, 4) is 11.1 Å². The molecular formula is C36H53N5O4. The van der Waals surface area contributed by atoms with Gasteiger partial charge in [-0.3, -0.25) is 14.9 Å². The van der Waals surface area contributed by atoms with Crippen LogP contribution < -0.4 is 5.32 Å². The molecule has 0 spiro atoms. The molecule has 3 amide bonds. The van der Waals surface area contributed by atoms with E-state index < -0.39 is 6.09 Å². The van der Waals surface area contributed by atoms with Gasteiger partial charge in [-0.05, 0) is 70.2 Å². The van der Waals surface area contributed by atoms with Crippen LogP contribution in [0.2, 0.25) is 0 Å². The Bertz CT molecular complexity index is 1220. The largest absolute Gasteiger partial charge is 0.446 e. The van der Waals surface area contributed by atoms with E-state index >= 15 is 0 Å². The summed E-state index contributed by atoms with van der Waals surface area (Å²) in [6, 6.07) is 17.8. The molecule has 2 aromatic rings. The minimum atomic E-state index is -0.419. The summed E-state index contributed by atoms with van der Waals surface area (Å²) >= 11 is 0. The van der Waals surface area contributed by atoms with Gasteiger partial charge < -0.3 is 24.3 Å². The zero-order chi connectivity index (χ0) is 32.0. The van der Waals surface area contributed by atoms with E-state index in [0.717, 1.165) is 108 Å². The van der Waals surface area contributed by atoms with Crippen molar-refractivity contribution in [3.63, 3.8) is 0 Å². The first-order chi connectivity index (χ1) is 21.8. The maximum absolute atomic E-state index is 12.7. The van der Waals surface area contributed by atoms with Gasteiger partial charge in [0.15, 0.2) is 0 Å². The van der Waals surface area contributed by atoms with Crippen LogP contribution in [0.1, 0.15) is 58.3 Å². The fraction of sp³-hybridized carbons (Fsp3) is 0.583. The molecule has 0 radical (unpaired) electrons. The number of benzene rings is 2. The minimum Gasteiger partial charge on any atom is -0.446 e. The Hall–Kier alpha value is -3.43. The molecule has 4 rings (SSSR count). The third kappa shape index (κ3) is 10.9. The van der Waals surface area contributed by atoms with Gasteiger partial charge in [0.1, 0.15) is 6.10 Å². The van der Waals surface area contributed by atoms with E-state index in [1.165, 1.54) is 0 Å². The summed E-state index contributed by atoms with van der Waals surface area (Å²) in [4.78, 5) is 46.4. The lowest BCUT2D eigenvalue weighted by molar-refractivity contribution is -0.135. The normalized spacial score (nSPS) is 17.9. The van der Waals surface area contributed by atoms with E-state index in [0.29, 0.717) is 13.0 Å². The molecule has 2 fully saturated rings. The quantitative estimate of drug-likeness (QED) is 0.278. The molecule has 246 valence electrons. The summed E-state index contributed by atoms with van der Waals surface area (Å²) in [5.41, 5.74) is 2.74. The van der Waals surface area contributed by atoms with Gasteiger partial charge in [0.2, 0.25) is 11.8 Å². The number of carbonyl (C=O) groups excluding carboxylic acids is 3. The Labute approximate surface area is 269 Å². The van der Waals surface area contributed by atoms with E-state index in [9.17, 15) is 14.4 Å². The first kappa shape index (κ1) is 34.4. The molecule has 0 saturated carbocycles. The molecule has 2 saturated heterocycles. The summed E-state index contributed by atoms with van der Waals surface area (Å²) < 4.78 is 5.77. The molecule has 2 aromatic carbocycles. The lowest BCUT2D eigenvalue weighted by atomic mass is 9.96. The monoisotopic (exact) mass is 619 g/mol. The average molecular weight is 620 g/mol. The standard InChI is InChI=1S/C36H53N5O4/c1-4-38(2)35(43)30-16-13-23-41(28-30)22-12-6-9-19-34(42)39(3)26-27-40-24-20-31(21-25-40)45-36(44)37-33-18-11-10-17-32(33)29-14-7-5-8-15-29/h5,7-8,10-11,14-15,17-18,30-31H,4,6,9,12-13,16,19-28H2,1-3H3,(H,37,44)/t30-/m1/s1. The number of hydrogen-bond donors (Lipinski definition) is 1. The molecule has 0 aromatic heterocycles.